The molecule has 0 aliphatic carbocycles. The maximum Gasteiger partial charge on any atom is 0.227 e. The minimum Gasteiger partial charge on any atom is -0.325 e. The Morgan fingerprint density at radius 3 is 2.34 bits per heavy atom. The van der Waals surface area contributed by atoms with Crippen LogP contribution < -0.4 is 5.32 Å². The van der Waals surface area contributed by atoms with Crippen LogP contribution in [0.3, 0.4) is 0 Å². The van der Waals surface area contributed by atoms with E-state index in [1.54, 1.807) is 24.3 Å². The van der Waals surface area contributed by atoms with E-state index in [-0.39, 0.29) is 17.6 Å². The van der Waals surface area contributed by atoms with Gasteiger partial charge < -0.3 is 5.32 Å². The summed E-state index contributed by atoms with van der Waals surface area (Å²) in [6.07, 6.45) is 0.988. The van der Waals surface area contributed by atoms with Gasteiger partial charge in [0.25, 0.3) is 0 Å². The summed E-state index contributed by atoms with van der Waals surface area (Å²) in [6, 6.07) is 24.5. The van der Waals surface area contributed by atoms with Gasteiger partial charge in [0.2, 0.25) is 15.9 Å². The van der Waals surface area contributed by atoms with Crippen LogP contribution >= 0.6 is 11.6 Å². The third kappa shape index (κ3) is 5.38. The van der Waals surface area contributed by atoms with Crippen molar-refractivity contribution >= 4 is 33.2 Å². The molecule has 3 aromatic carbocycles. The number of hydrogen-bond acceptors (Lipinski definition) is 3. The first-order chi connectivity index (χ1) is 15.4. The summed E-state index contributed by atoms with van der Waals surface area (Å²) in [6.45, 7) is 0.669. The Hall–Kier alpha value is -2.67. The molecule has 0 radical (unpaired) electrons. The quantitative estimate of drug-likeness (QED) is 0.541. The van der Waals surface area contributed by atoms with Gasteiger partial charge in [0, 0.05) is 35.3 Å². The first kappa shape index (κ1) is 22.5. The summed E-state index contributed by atoms with van der Waals surface area (Å²) in [5.41, 5.74) is 3.42. The van der Waals surface area contributed by atoms with Crippen molar-refractivity contribution in [1.29, 1.82) is 0 Å². The highest BCUT2D eigenvalue weighted by molar-refractivity contribution is 7.88. The smallest absolute Gasteiger partial charge is 0.227 e. The maximum atomic E-state index is 12.9. The van der Waals surface area contributed by atoms with Crippen molar-refractivity contribution in [1.82, 2.24) is 4.31 Å². The van der Waals surface area contributed by atoms with Gasteiger partial charge in [-0.15, -0.1) is 0 Å². The second kappa shape index (κ2) is 9.86. The van der Waals surface area contributed by atoms with Crippen LogP contribution in [0.1, 0.15) is 18.4 Å². The highest BCUT2D eigenvalue weighted by Crippen LogP contribution is 2.29. The van der Waals surface area contributed by atoms with Crippen LogP contribution in [0.5, 0.6) is 0 Å². The van der Waals surface area contributed by atoms with Crippen molar-refractivity contribution in [3.05, 3.63) is 89.4 Å². The molecule has 1 fully saturated rings. The highest BCUT2D eigenvalue weighted by Gasteiger charge is 2.31. The van der Waals surface area contributed by atoms with Crippen molar-refractivity contribution in [3.8, 4) is 11.1 Å². The first-order valence-corrected chi connectivity index (χ1v) is 12.6. The number of amides is 1. The Labute approximate surface area is 194 Å². The van der Waals surface area contributed by atoms with Gasteiger partial charge in [0.15, 0.2) is 0 Å². The molecule has 5 nitrogen and oxygen atoms in total. The average Bonchev–Trinajstić information content (AvgIpc) is 2.80. The Kier molecular flexibility index (Phi) is 6.94. The standard InChI is InChI=1S/C25H25ClN2O3S/c26-22-10-6-7-19(17-22)18-32(30,31)28-15-13-21(14-16-28)25(29)27-24-12-5-4-11-23(24)20-8-2-1-3-9-20/h1-12,17,21H,13-16,18H2,(H,27,29). The fourth-order valence-electron chi connectivity index (χ4n) is 4.02. The molecule has 0 bridgehead atoms. The third-order valence-electron chi connectivity index (χ3n) is 5.73. The molecule has 166 valence electrons. The number of nitrogens with zero attached hydrogens (tertiary/aromatic N) is 1. The number of benzene rings is 3. The van der Waals surface area contributed by atoms with E-state index in [9.17, 15) is 13.2 Å². The van der Waals surface area contributed by atoms with E-state index >= 15 is 0 Å². The van der Waals surface area contributed by atoms with Gasteiger partial charge in [-0.1, -0.05) is 72.3 Å². The number of para-hydroxylation sites is 1. The molecule has 1 amide bonds. The summed E-state index contributed by atoms with van der Waals surface area (Å²) < 4.78 is 27.1. The SMILES string of the molecule is O=C(Nc1ccccc1-c1ccccc1)C1CCN(S(=O)(=O)Cc2cccc(Cl)c2)CC1. The van der Waals surface area contributed by atoms with Crippen LogP contribution in [0.15, 0.2) is 78.9 Å². The molecule has 32 heavy (non-hydrogen) atoms. The van der Waals surface area contributed by atoms with Crippen LogP contribution in [-0.4, -0.2) is 31.7 Å². The fraction of sp³-hybridized carbons (Fsp3) is 0.240. The summed E-state index contributed by atoms with van der Waals surface area (Å²) in [5.74, 6) is -0.383. The van der Waals surface area contributed by atoms with Crippen LogP contribution in [0, 0.1) is 5.92 Å². The summed E-state index contributed by atoms with van der Waals surface area (Å²) >= 11 is 5.98. The lowest BCUT2D eigenvalue weighted by Crippen LogP contribution is -2.41. The van der Waals surface area contributed by atoms with Crippen LogP contribution in [0.25, 0.3) is 11.1 Å². The maximum absolute atomic E-state index is 12.9. The molecule has 0 atom stereocenters. The average molecular weight is 469 g/mol. The largest absolute Gasteiger partial charge is 0.325 e. The minimum atomic E-state index is -3.46. The van der Waals surface area contributed by atoms with E-state index in [2.05, 4.69) is 5.32 Å². The number of carbonyl (C=O) groups is 1. The van der Waals surface area contributed by atoms with Gasteiger partial charge >= 0.3 is 0 Å². The molecule has 1 heterocycles. The van der Waals surface area contributed by atoms with E-state index in [0.717, 1.165) is 16.8 Å². The molecule has 1 N–H and O–H groups in total. The number of hydrogen-bond donors (Lipinski definition) is 1. The molecule has 1 saturated heterocycles. The number of halogens is 1. The Morgan fingerprint density at radius 2 is 1.62 bits per heavy atom. The van der Waals surface area contributed by atoms with Gasteiger partial charge in [0.1, 0.15) is 0 Å². The first-order valence-electron chi connectivity index (χ1n) is 10.6. The normalized spacial score (nSPS) is 15.4. The Balaban J connectivity index is 1.38. The molecule has 1 aliphatic heterocycles. The van der Waals surface area contributed by atoms with Crippen molar-refractivity contribution in [2.45, 2.75) is 18.6 Å². The summed E-state index contributed by atoms with van der Waals surface area (Å²) in [4.78, 5) is 12.9. The minimum absolute atomic E-state index is 0.0692. The molecule has 0 aromatic heterocycles. The zero-order valence-corrected chi connectivity index (χ0v) is 19.1. The molecule has 3 aromatic rings. The van der Waals surface area contributed by atoms with Gasteiger partial charge in [-0.05, 0) is 42.2 Å². The lowest BCUT2D eigenvalue weighted by molar-refractivity contribution is -0.120. The second-order valence-electron chi connectivity index (χ2n) is 7.96. The molecule has 7 heteroatoms. The molecule has 4 rings (SSSR count). The number of anilines is 1. The predicted molar refractivity (Wildman–Crippen MR) is 129 cm³/mol. The predicted octanol–water partition coefficient (Wildman–Crippen LogP) is 5.19. The lowest BCUT2D eigenvalue weighted by atomic mass is 9.96. The molecule has 0 saturated carbocycles. The van der Waals surface area contributed by atoms with E-state index in [1.807, 2.05) is 54.6 Å². The number of sulfonamides is 1. The van der Waals surface area contributed by atoms with Crippen LogP contribution in [0.2, 0.25) is 5.02 Å². The summed E-state index contributed by atoms with van der Waals surface area (Å²) in [5, 5.41) is 3.57. The molecule has 0 spiro atoms. The van der Waals surface area contributed by atoms with Crippen LogP contribution in [-0.2, 0) is 20.6 Å². The molecular weight excluding hydrogens is 444 g/mol. The van der Waals surface area contributed by atoms with Crippen LogP contribution in [0.4, 0.5) is 5.69 Å². The zero-order chi connectivity index (χ0) is 22.6. The monoisotopic (exact) mass is 468 g/mol. The van der Waals surface area contributed by atoms with Crippen molar-refractivity contribution < 1.29 is 13.2 Å². The van der Waals surface area contributed by atoms with Gasteiger partial charge in [-0.2, -0.15) is 0 Å². The van der Waals surface area contributed by atoms with Gasteiger partial charge in [-0.3, -0.25) is 4.79 Å². The number of nitrogens with one attached hydrogen (secondary N) is 1. The van der Waals surface area contributed by atoms with Crippen molar-refractivity contribution in [2.24, 2.45) is 5.92 Å². The van der Waals surface area contributed by atoms with E-state index in [4.69, 9.17) is 11.6 Å². The number of rotatable bonds is 6. The van der Waals surface area contributed by atoms with E-state index < -0.39 is 10.0 Å². The van der Waals surface area contributed by atoms with Gasteiger partial charge in [0.05, 0.1) is 5.75 Å². The number of carbonyl (C=O) groups excluding carboxylic acids is 1. The van der Waals surface area contributed by atoms with E-state index in [1.165, 1.54) is 4.31 Å². The molecule has 0 unspecified atom stereocenters. The molecule has 1 aliphatic rings. The Bertz CT molecular complexity index is 1190. The molecular formula is C25H25ClN2O3S. The van der Waals surface area contributed by atoms with Gasteiger partial charge in [-0.25, -0.2) is 12.7 Å². The zero-order valence-electron chi connectivity index (χ0n) is 17.6. The lowest BCUT2D eigenvalue weighted by Gasteiger charge is -2.30. The summed E-state index contributed by atoms with van der Waals surface area (Å²) in [7, 11) is -3.46. The topological polar surface area (TPSA) is 66.5 Å². The number of piperidine rings is 1. The second-order valence-corrected chi connectivity index (χ2v) is 10.4. The van der Waals surface area contributed by atoms with Crippen molar-refractivity contribution in [2.75, 3.05) is 18.4 Å². The highest BCUT2D eigenvalue weighted by atomic mass is 35.5. The Morgan fingerprint density at radius 1 is 0.938 bits per heavy atom. The van der Waals surface area contributed by atoms with Crippen molar-refractivity contribution in [3.63, 3.8) is 0 Å². The fourth-order valence-corrected chi connectivity index (χ4v) is 5.78. The third-order valence-corrected chi connectivity index (χ3v) is 7.81. The van der Waals surface area contributed by atoms with E-state index in [0.29, 0.717) is 36.5 Å².